The number of hydrogen-bond acceptors (Lipinski definition) is 1. The third-order valence-corrected chi connectivity index (χ3v) is 3.24. The molecule has 1 amide bonds. The van der Waals surface area contributed by atoms with Gasteiger partial charge in [0.15, 0.2) is 0 Å². The first-order chi connectivity index (χ1) is 9.60. The predicted molar refractivity (Wildman–Crippen MR) is 79.5 cm³/mol. The fourth-order valence-corrected chi connectivity index (χ4v) is 2.04. The highest BCUT2D eigenvalue weighted by molar-refractivity contribution is 6.29. The van der Waals surface area contributed by atoms with Crippen LogP contribution < -0.4 is 4.90 Å². The van der Waals surface area contributed by atoms with Crippen molar-refractivity contribution >= 4 is 23.2 Å². The molecular weight excluding hydrogens is 277 g/mol. The number of halogens is 2. The average Bonchev–Trinajstić information content (AvgIpc) is 2.47. The summed E-state index contributed by atoms with van der Waals surface area (Å²) in [4.78, 5) is 13.5. The Bertz CT molecular complexity index is 580. The minimum Gasteiger partial charge on any atom is -0.307 e. The predicted octanol–water partition coefficient (Wildman–Crippen LogP) is 3.91. The van der Waals surface area contributed by atoms with E-state index in [9.17, 15) is 9.18 Å². The Morgan fingerprint density at radius 2 is 1.70 bits per heavy atom. The van der Waals surface area contributed by atoms with E-state index >= 15 is 0 Å². The number of carbonyl (C=O) groups is 1. The molecule has 2 aromatic rings. The third kappa shape index (κ3) is 3.58. The highest BCUT2D eigenvalue weighted by atomic mass is 35.5. The second kappa shape index (κ2) is 6.53. The molecular formula is C16H15ClFNO. The van der Waals surface area contributed by atoms with Crippen molar-refractivity contribution in [3.63, 3.8) is 0 Å². The largest absolute Gasteiger partial charge is 0.307 e. The Balaban J connectivity index is 2.26. The summed E-state index contributed by atoms with van der Waals surface area (Å²) in [6.07, 6.45) is 0. The van der Waals surface area contributed by atoms with Gasteiger partial charge in [0, 0.05) is 5.69 Å². The lowest BCUT2D eigenvalue weighted by Crippen LogP contribution is -2.31. The summed E-state index contributed by atoms with van der Waals surface area (Å²) in [5.41, 5.74) is 2.79. The summed E-state index contributed by atoms with van der Waals surface area (Å²) < 4.78 is 13.0. The number of alkyl halides is 1. The van der Waals surface area contributed by atoms with E-state index in [2.05, 4.69) is 0 Å². The van der Waals surface area contributed by atoms with Gasteiger partial charge in [-0.1, -0.05) is 29.8 Å². The first-order valence-electron chi connectivity index (χ1n) is 6.27. The molecule has 2 aromatic carbocycles. The number of amides is 1. The van der Waals surface area contributed by atoms with Crippen molar-refractivity contribution in [3.8, 4) is 0 Å². The Morgan fingerprint density at radius 1 is 1.10 bits per heavy atom. The van der Waals surface area contributed by atoms with Gasteiger partial charge in [0.25, 0.3) is 0 Å². The van der Waals surface area contributed by atoms with Crippen LogP contribution in [0.3, 0.4) is 0 Å². The Kier molecular flexibility index (Phi) is 4.74. The van der Waals surface area contributed by atoms with Crippen LogP contribution in [0.25, 0.3) is 0 Å². The monoisotopic (exact) mass is 291 g/mol. The quantitative estimate of drug-likeness (QED) is 0.782. The van der Waals surface area contributed by atoms with Crippen LogP contribution in [0.1, 0.15) is 11.1 Å². The summed E-state index contributed by atoms with van der Waals surface area (Å²) in [6.45, 7) is 2.42. The number of rotatable bonds is 4. The van der Waals surface area contributed by atoms with E-state index in [0.717, 1.165) is 11.1 Å². The van der Waals surface area contributed by atoms with Gasteiger partial charge in [0.05, 0.1) is 6.54 Å². The van der Waals surface area contributed by atoms with Gasteiger partial charge in [0.1, 0.15) is 11.7 Å². The van der Waals surface area contributed by atoms with Crippen LogP contribution in [0.15, 0.2) is 48.5 Å². The average molecular weight is 292 g/mol. The molecule has 104 valence electrons. The van der Waals surface area contributed by atoms with E-state index in [0.29, 0.717) is 12.2 Å². The zero-order chi connectivity index (χ0) is 14.5. The Labute approximate surface area is 122 Å². The molecule has 0 heterocycles. The van der Waals surface area contributed by atoms with Gasteiger partial charge < -0.3 is 4.90 Å². The standard InChI is InChI=1S/C16H15ClFNO/c1-12-2-4-13(5-3-12)11-19(16(20)10-17)15-8-6-14(18)7-9-15/h2-9H,10-11H2,1H3. The third-order valence-electron chi connectivity index (χ3n) is 3.01. The lowest BCUT2D eigenvalue weighted by molar-refractivity contribution is -0.116. The fourth-order valence-electron chi connectivity index (χ4n) is 1.89. The van der Waals surface area contributed by atoms with Crippen LogP contribution in [0, 0.1) is 12.7 Å². The normalized spacial score (nSPS) is 10.3. The molecule has 2 rings (SSSR count). The van der Waals surface area contributed by atoms with E-state index in [4.69, 9.17) is 11.6 Å². The molecule has 0 bridgehead atoms. The van der Waals surface area contributed by atoms with Gasteiger partial charge >= 0.3 is 0 Å². The minimum absolute atomic E-state index is 0.108. The summed E-state index contributed by atoms with van der Waals surface area (Å²) in [5.74, 6) is -0.648. The zero-order valence-electron chi connectivity index (χ0n) is 11.1. The van der Waals surface area contributed by atoms with E-state index in [1.54, 1.807) is 17.0 Å². The number of nitrogens with zero attached hydrogens (tertiary/aromatic N) is 1. The molecule has 0 atom stereocenters. The van der Waals surface area contributed by atoms with E-state index in [1.807, 2.05) is 31.2 Å². The summed E-state index contributed by atoms with van der Waals surface area (Å²) in [5, 5.41) is 0. The van der Waals surface area contributed by atoms with Crippen molar-refractivity contribution in [1.29, 1.82) is 0 Å². The number of aryl methyl sites for hydroxylation is 1. The fraction of sp³-hybridized carbons (Fsp3) is 0.188. The molecule has 0 aliphatic carbocycles. The second-order valence-corrected chi connectivity index (χ2v) is 4.84. The molecule has 0 aliphatic heterocycles. The first-order valence-corrected chi connectivity index (χ1v) is 6.81. The second-order valence-electron chi connectivity index (χ2n) is 4.58. The molecule has 0 aliphatic rings. The molecule has 4 heteroatoms. The Hall–Kier alpha value is -1.87. The number of anilines is 1. The maximum absolute atomic E-state index is 13.0. The molecule has 20 heavy (non-hydrogen) atoms. The maximum Gasteiger partial charge on any atom is 0.242 e. The topological polar surface area (TPSA) is 20.3 Å². The first kappa shape index (κ1) is 14.5. The van der Waals surface area contributed by atoms with Crippen LogP contribution in [0.4, 0.5) is 10.1 Å². The maximum atomic E-state index is 13.0. The minimum atomic E-state index is -0.331. The molecule has 0 fully saturated rings. The number of carbonyl (C=O) groups excluding carboxylic acids is 1. The van der Waals surface area contributed by atoms with E-state index in [1.165, 1.54) is 12.1 Å². The molecule has 0 saturated carbocycles. The zero-order valence-corrected chi connectivity index (χ0v) is 11.9. The van der Waals surface area contributed by atoms with Crippen molar-refractivity contribution in [2.75, 3.05) is 10.8 Å². The highest BCUT2D eigenvalue weighted by Gasteiger charge is 2.15. The van der Waals surface area contributed by atoms with Crippen molar-refractivity contribution in [2.24, 2.45) is 0 Å². The molecule has 2 nitrogen and oxygen atoms in total. The molecule has 0 aromatic heterocycles. The van der Waals surface area contributed by atoms with Crippen molar-refractivity contribution < 1.29 is 9.18 Å². The molecule has 0 radical (unpaired) electrons. The lowest BCUT2D eigenvalue weighted by atomic mass is 10.1. The SMILES string of the molecule is Cc1ccc(CN(C(=O)CCl)c2ccc(F)cc2)cc1. The van der Waals surface area contributed by atoms with E-state index in [-0.39, 0.29) is 17.6 Å². The van der Waals surface area contributed by atoms with Gasteiger partial charge in [0.2, 0.25) is 5.91 Å². The molecule has 0 saturated heterocycles. The van der Waals surface area contributed by atoms with Crippen molar-refractivity contribution in [1.82, 2.24) is 0 Å². The van der Waals surface area contributed by atoms with E-state index < -0.39 is 0 Å². The van der Waals surface area contributed by atoms with Gasteiger partial charge in [-0.2, -0.15) is 0 Å². The number of hydrogen-bond donors (Lipinski definition) is 0. The molecule has 0 N–H and O–H groups in total. The van der Waals surface area contributed by atoms with Crippen LogP contribution in [0.2, 0.25) is 0 Å². The van der Waals surface area contributed by atoms with Crippen molar-refractivity contribution in [3.05, 3.63) is 65.5 Å². The molecule has 0 spiro atoms. The van der Waals surface area contributed by atoms with Gasteiger partial charge in [-0.3, -0.25) is 4.79 Å². The van der Waals surface area contributed by atoms with Crippen molar-refractivity contribution in [2.45, 2.75) is 13.5 Å². The smallest absolute Gasteiger partial charge is 0.242 e. The van der Waals surface area contributed by atoms with Crippen LogP contribution in [-0.2, 0) is 11.3 Å². The summed E-state index contributed by atoms with van der Waals surface area (Å²) in [7, 11) is 0. The number of benzene rings is 2. The highest BCUT2D eigenvalue weighted by Crippen LogP contribution is 2.19. The molecule has 0 unspecified atom stereocenters. The van der Waals surface area contributed by atoms with Gasteiger partial charge in [-0.15, -0.1) is 11.6 Å². The van der Waals surface area contributed by atoms with Crippen LogP contribution >= 0.6 is 11.6 Å². The van der Waals surface area contributed by atoms with Crippen LogP contribution in [0.5, 0.6) is 0 Å². The lowest BCUT2D eigenvalue weighted by Gasteiger charge is -2.22. The Morgan fingerprint density at radius 3 is 2.25 bits per heavy atom. The van der Waals surface area contributed by atoms with Crippen LogP contribution in [-0.4, -0.2) is 11.8 Å². The van der Waals surface area contributed by atoms with Gasteiger partial charge in [-0.25, -0.2) is 4.39 Å². The summed E-state index contributed by atoms with van der Waals surface area (Å²) in [6, 6.07) is 13.7. The summed E-state index contributed by atoms with van der Waals surface area (Å²) >= 11 is 5.65. The van der Waals surface area contributed by atoms with Gasteiger partial charge in [-0.05, 0) is 36.8 Å².